The number of nitrogens with one attached hydrogen (secondary N) is 1. The Kier molecular flexibility index (Phi) is 3.43. The summed E-state index contributed by atoms with van der Waals surface area (Å²) in [5.41, 5.74) is 5.42. The summed E-state index contributed by atoms with van der Waals surface area (Å²) in [5, 5.41) is 13.0. The Morgan fingerprint density at radius 3 is 2.83 bits per heavy atom. The van der Waals surface area contributed by atoms with Gasteiger partial charge in [0.25, 0.3) is 0 Å². The van der Waals surface area contributed by atoms with E-state index in [0.717, 1.165) is 16.6 Å². The smallest absolute Gasteiger partial charge is 0.205 e. The SMILES string of the molecule is Cc1nnc(NC(C)CCN)s1. The van der Waals surface area contributed by atoms with Crippen molar-refractivity contribution in [2.45, 2.75) is 26.3 Å². The predicted octanol–water partition coefficient (Wildman–Crippen LogP) is 0.996. The number of hydrogen-bond acceptors (Lipinski definition) is 5. The molecule has 0 amide bonds. The highest BCUT2D eigenvalue weighted by Gasteiger charge is 2.03. The highest BCUT2D eigenvalue weighted by atomic mass is 32.1. The molecular weight excluding hydrogens is 172 g/mol. The van der Waals surface area contributed by atoms with Gasteiger partial charge in [-0.1, -0.05) is 11.3 Å². The number of hydrogen-bond donors (Lipinski definition) is 2. The minimum atomic E-state index is 0.377. The van der Waals surface area contributed by atoms with Gasteiger partial charge in [0, 0.05) is 6.04 Å². The summed E-state index contributed by atoms with van der Waals surface area (Å²) in [7, 11) is 0. The van der Waals surface area contributed by atoms with Gasteiger partial charge in [0.15, 0.2) is 0 Å². The largest absolute Gasteiger partial charge is 0.358 e. The van der Waals surface area contributed by atoms with Crippen molar-refractivity contribution in [1.29, 1.82) is 0 Å². The van der Waals surface area contributed by atoms with Crippen molar-refractivity contribution in [3.8, 4) is 0 Å². The van der Waals surface area contributed by atoms with Crippen LogP contribution in [0.2, 0.25) is 0 Å². The minimum Gasteiger partial charge on any atom is -0.358 e. The van der Waals surface area contributed by atoms with Gasteiger partial charge >= 0.3 is 0 Å². The first kappa shape index (κ1) is 9.41. The molecule has 0 fully saturated rings. The summed E-state index contributed by atoms with van der Waals surface area (Å²) in [6, 6.07) is 0.377. The molecule has 0 aliphatic rings. The normalized spacial score (nSPS) is 12.9. The monoisotopic (exact) mass is 186 g/mol. The minimum absolute atomic E-state index is 0.377. The molecule has 0 aliphatic heterocycles. The molecule has 0 radical (unpaired) electrons. The number of nitrogens with zero attached hydrogens (tertiary/aromatic N) is 2. The zero-order chi connectivity index (χ0) is 8.97. The second-order valence-electron chi connectivity index (χ2n) is 2.75. The molecule has 5 heteroatoms. The van der Waals surface area contributed by atoms with E-state index in [1.165, 1.54) is 0 Å². The second-order valence-corrected chi connectivity index (χ2v) is 3.93. The summed E-state index contributed by atoms with van der Waals surface area (Å²) in [4.78, 5) is 0. The molecule has 1 heterocycles. The highest BCUT2D eigenvalue weighted by molar-refractivity contribution is 7.15. The standard InChI is InChI=1S/C7H14N4S/c1-5(3-4-8)9-7-11-10-6(2)12-7/h5H,3-4,8H2,1-2H3,(H,9,11). The van der Waals surface area contributed by atoms with Gasteiger partial charge in [0.2, 0.25) is 5.13 Å². The van der Waals surface area contributed by atoms with Crippen molar-refractivity contribution in [3.63, 3.8) is 0 Å². The van der Waals surface area contributed by atoms with Crippen LogP contribution in [0.1, 0.15) is 18.4 Å². The van der Waals surface area contributed by atoms with Crippen LogP contribution < -0.4 is 11.1 Å². The molecule has 1 unspecified atom stereocenters. The molecular formula is C7H14N4S. The van der Waals surface area contributed by atoms with Crippen LogP contribution in [0.5, 0.6) is 0 Å². The van der Waals surface area contributed by atoms with Crippen molar-refractivity contribution >= 4 is 16.5 Å². The van der Waals surface area contributed by atoms with E-state index in [1.54, 1.807) is 11.3 Å². The first-order valence-electron chi connectivity index (χ1n) is 3.99. The Morgan fingerprint density at radius 1 is 1.58 bits per heavy atom. The number of aryl methyl sites for hydroxylation is 1. The van der Waals surface area contributed by atoms with Crippen LogP contribution in [-0.2, 0) is 0 Å². The van der Waals surface area contributed by atoms with Crippen LogP contribution in [0.25, 0.3) is 0 Å². The third-order valence-electron chi connectivity index (χ3n) is 1.50. The maximum Gasteiger partial charge on any atom is 0.205 e. The van der Waals surface area contributed by atoms with Crippen LogP contribution in [-0.4, -0.2) is 22.8 Å². The molecule has 0 bridgehead atoms. The lowest BCUT2D eigenvalue weighted by molar-refractivity contribution is 0.714. The van der Waals surface area contributed by atoms with E-state index in [-0.39, 0.29) is 0 Å². The average Bonchev–Trinajstić information content (AvgIpc) is 2.36. The van der Waals surface area contributed by atoms with Gasteiger partial charge in [-0.15, -0.1) is 10.2 Å². The Hall–Kier alpha value is -0.680. The molecule has 0 spiro atoms. The summed E-state index contributed by atoms with van der Waals surface area (Å²) in [6.07, 6.45) is 0.957. The zero-order valence-corrected chi connectivity index (χ0v) is 8.19. The van der Waals surface area contributed by atoms with E-state index >= 15 is 0 Å². The number of nitrogens with two attached hydrogens (primary N) is 1. The third kappa shape index (κ3) is 2.75. The summed E-state index contributed by atoms with van der Waals surface area (Å²) >= 11 is 1.57. The van der Waals surface area contributed by atoms with E-state index in [0.29, 0.717) is 12.6 Å². The summed E-state index contributed by atoms with van der Waals surface area (Å²) in [5.74, 6) is 0. The maximum absolute atomic E-state index is 5.42. The van der Waals surface area contributed by atoms with Crippen LogP contribution in [0.3, 0.4) is 0 Å². The van der Waals surface area contributed by atoms with Gasteiger partial charge in [0.1, 0.15) is 5.01 Å². The molecule has 0 aliphatic carbocycles. The molecule has 1 aromatic rings. The lowest BCUT2D eigenvalue weighted by atomic mass is 10.2. The van der Waals surface area contributed by atoms with E-state index in [2.05, 4.69) is 22.4 Å². The van der Waals surface area contributed by atoms with Gasteiger partial charge in [0.05, 0.1) is 0 Å². The molecule has 68 valence electrons. The molecule has 4 nitrogen and oxygen atoms in total. The van der Waals surface area contributed by atoms with Crippen molar-refractivity contribution in [2.24, 2.45) is 5.73 Å². The second kappa shape index (κ2) is 4.37. The molecule has 3 N–H and O–H groups in total. The first-order valence-corrected chi connectivity index (χ1v) is 4.80. The Bertz CT molecular complexity index is 235. The van der Waals surface area contributed by atoms with Crippen LogP contribution in [0.15, 0.2) is 0 Å². The number of rotatable bonds is 4. The van der Waals surface area contributed by atoms with E-state index < -0.39 is 0 Å². The fraction of sp³-hybridized carbons (Fsp3) is 0.714. The van der Waals surface area contributed by atoms with Gasteiger partial charge in [-0.3, -0.25) is 0 Å². The van der Waals surface area contributed by atoms with Crippen LogP contribution >= 0.6 is 11.3 Å². The van der Waals surface area contributed by atoms with Gasteiger partial charge in [-0.05, 0) is 26.8 Å². The molecule has 0 saturated heterocycles. The quantitative estimate of drug-likeness (QED) is 0.736. The van der Waals surface area contributed by atoms with Crippen molar-refractivity contribution < 1.29 is 0 Å². The Morgan fingerprint density at radius 2 is 2.33 bits per heavy atom. The lowest BCUT2D eigenvalue weighted by Gasteiger charge is -2.09. The van der Waals surface area contributed by atoms with Gasteiger partial charge in [-0.25, -0.2) is 0 Å². The summed E-state index contributed by atoms with van der Waals surface area (Å²) < 4.78 is 0. The van der Waals surface area contributed by atoms with Crippen molar-refractivity contribution in [2.75, 3.05) is 11.9 Å². The van der Waals surface area contributed by atoms with E-state index in [1.807, 2.05) is 6.92 Å². The van der Waals surface area contributed by atoms with Crippen molar-refractivity contribution in [3.05, 3.63) is 5.01 Å². The van der Waals surface area contributed by atoms with Gasteiger partial charge in [-0.2, -0.15) is 0 Å². The first-order chi connectivity index (χ1) is 5.72. The Labute approximate surface area is 76.2 Å². The van der Waals surface area contributed by atoms with Crippen LogP contribution in [0, 0.1) is 6.92 Å². The van der Waals surface area contributed by atoms with E-state index in [9.17, 15) is 0 Å². The third-order valence-corrected chi connectivity index (χ3v) is 2.27. The molecule has 12 heavy (non-hydrogen) atoms. The number of aromatic nitrogens is 2. The topological polar surface area (TPSA) is 63.8 Å². The highest BCUT2D eigenvalue weighted by Crippen LogP contribution is 2.14. The summed E-state index contributed by atoms with van der Waals surface area (Å²) in [6.45, 7) is 4.73. The Balaban J connectivity index is 2.41. The fourth-order valence-corrected chi connectivity index (χ4v) is 1.59. The molecule has 0 aromatic carbocycles. The van der Waals surface area contributed by atoms with Crippen molar-refractivity contribution in [1.82, 2.24) is 10.2 Å². The average molecular weight is 186 g/mol. The van der Waals surface area contributed by atoms with Crippen LogP contribution in [0.4, 0.5) is 5.13 Å². The number of anilines is 1. The molecule has 1 atom stereocenters. The lowest BCUT2D eigenvalue weighted by Crippen LogP contribution is -2.19. The van der Waals surface area contributed by atoms with Gasteiger partial charge < -0.3 is 11.1 Å². The zero-order valence-electron chi connectivity index (χ0n) is 7.37. The predicted molar refractivity (Wildman–Crippen MR) is 51.4 cm³/mol. The molecule has 1 rings (SSSR count). The molecule has 1 aromatic heterocycles. The maximum atomic E-state index is 5.42. The van der Waals surface area contributed by atoms with E-state index in [4.69, 9.17) is 5.73 Å². The molecule has 0 saturated carbocycles. The fourth-order valence-electron chi connectivity index (χ4n) is 0.888.